The summed E-state index contributed by atoms with van der Waals surface area (Å²) in [5.74, 6) is -2.90. The predicted molar refractivity (Wildman–Crippen MR) is 56.7 cm³/mol. The van der Waals surface area contributed by atoms with Gasteiger partial charge in [-0.05, 0) is 0 Å². The summed E-state index contributed by atoms with van der Waals surface area (Å²) in [4.78, 5) is 35.9. The van der Waals surface area contributed by atoms with Crippen molar-refractivity contribution < 1.29 is 27.9 Å². The van der Waals surface area contributed by atoms with Gasteiger partial charge in [0.15, 0.2) is 5.43 Å². The third kappa shape index (κ3) is 4.45. The molecule has 0 saturated carbocycles. The van der Waals surface area contributed by atoms with E-state index in [1.54, 1.807) is 0 Å². The number of rotatable bonds is 4. The number of nitrogens with one attached hydrogen (secondary N) is 1. The second-order valence-electron chi connectivity index (χ2n) is 3.59. The van der Waals surface area contributed by atoms with Crippen molar-refractivity contribution in [2.45, 2.75) is 6.18 Å². The van der Waals surface area contributed by atoms with Gasteiger partial charge in [0.2, 0.25) is 0 Å². The average Bonchev–Trinajstić information content (AvgIpc) is 2.25. The lowest BCUT2D eigenvalue weighted by atomic mass is 10.2. The largest absolute Gasteiger partial charge is 0.480 e. The van der Waals surface area contributed by atoms with Crippen LogP contribution in [0.1, 0.15) is 10.4 Å². The van der Waals surface area contributed by atoms with Gasteiger partial charge in [0.1, 0.15) is 18.7 Å². The van der Waals surface area contributed by atoms with E-state index < -0.39 is 42.1 Å². The third-order valence-electron chi connectivity index (χ3n) is 2.04. The molecule has 1 heterocycles. The van der Waals surface area contributed by atoms with Crippen LogP contribution in [0.15, 0.2) is 23.3 Å². The molecule has 0 aromatic carbocycles. The molecule has 0 bridgehead atoms. The van der Waals surface area contributed by atoms with Gasteiger partial charge < -0.3 is 15.0 Å². The Morgan fingerprint density at radius 3 is 2.47 bits per heavy atom. The molecule has 2 N–H and O–H groups in total. The van der Waals surface area contributed by atoms with Gasteiger partial charge in [-0.3, -0.25) is 14.4 Å². The second-order valence-corrected chi connectivity index (χ2v) is 3.59. The third-order valence-corrected chi connectivity index (χ3v) is 2.04. The van der Waals surface area contributed by atoms with Crippen LogP contribution in [-0.4, -0.2) is 46.1 Å². The molecular formula is C10H9F3N2O4. The maximum Gasteiger partial charge on any atom is 0.406 e. The molecule has 6 nitrogen and oxygen atoms in total. The Bertz CT molecular complexity index is 538. The van der Waals surface area contributed by atoms with Gasteiger partial charge in [0.05, 0.1) is 0 Å². The van der Waals surface area contributed by atoms with Crippen LogP contribution in [0.5, 0.6) is 0 Å². The van der Waals surface area contributed by atoms with Gasteiger partial charge >= 0.3 is 12.1 Å². The number of aromatic amines is 1. The van der Waals surface area contributed by atoms with Crippen molar-refractivity contribution >= 4 is 11.9 Å². The number of H-pyrrole nitrogens is 1. The maximum atomic E-state index is 12.3. The van der Waals surface area contributed by atoms with Gasteiger partial charge in [-0.25, -0.2) is 0 Å². The number of alkyl halides is 3. The zero-order chi connectivity index (χ0) is 14.6. The van der Waals surface area contributed by atoms with E-state index in [0.717, 1.165) is 12.3 Å². The highest BCUT2D eigenvalue weighted by Crippen LogP contribution is 2.17. The quantitative estimate of drug-likeness (QED) is 0.837. The van der Waals surface area contributed by atoms with Crippen molar-refractivity contribution in [2.24, 2.45) is 0 Å². The highest BCUT2D eigenvalue weighted by atomic mass is 19.4. The van der Waals surface area contributed by atoms with E-state index in [-0.39, 0.29) is 4.90 Å². The molecule has 0 aliphatic heterocycles. The number of aromatic nitrogens is 1. The van der Waals surface area contributed by atoms with Gasteiger partial charge in [-0.2, -0.15) is 13.2 Å². The average molecular weight is 278 g/mol. The van der Waals surface area contributed by atoms with E-state index in [1.165, 1.54) is 6.20 Å². The molecule has 9 heteroatoms. The van der Waals surface area contributed by atoms with Gasteiger partial charge in [0.25, 0.3) is 5.91 Å². The molecular weight excluding hydrogens is 269 g/mol. The second kappa shape index (κ2) is 5.55. The topological polar surface area (TPSA) is 90.5 Å². The van der Waals surface area contributed by atoms with Crippen molar-refractivity contribution in [3.63, 3.8) is 0 Å². The molecule has 0 aliphatic carbocycles. The number of pyridine rings is 1. The summed E-state index contributed by atoms with van der Waals surface area (Å²) in [6.45, 7) is -2.89. The smallest absolute Gasteiger partial charge is 0.406 e. The predicted octanol–water partition coefficient (Wildman–Crippen LogP) is 0.464. The van der Waals surface area contributed by atoms with Crippen molar-refractivity contribution in [2.75, 3.05) is 13.1 Å². The number of nitrogens with zero attached hydrogens (tertiary/aromatic N) is 1. The monoisotopic (exact) mass is 278 g/mol. The first-order valence-corrected chi connectivity index (χ1v) is 4.95. The molecule has 1 rings (SSSR count). The molecule has 0 unspecified atom stereocenters. The fraction of sp³-hybridized carbons (Fsp3) is 0.300. The minimum absolute atomic E-state index is 0.0485. The van der Waals surface area contributed by atoms with Crippen LogP contribution in [0, 0.1) is 0 Å². The van der Waals surface area contributed by atoms with Crippen LogP contribution >= 0.6 is 0 Å². The minimum Gasteiger partial charge on any atom is -0.480 e. The van der Waals surface area contributed by atoms with Crippen LogP contribution in [0.2, 0.25) is 0 Å². The SMILES string of the molecule is O=C(O)CN(CC(F)(F)F)C(=O)c1c[nH]ccc1=O. The molecule has 0 atom stereocenters. The van der Waals surface area contributed by atoms with E-state index in [9.17, 15) is 27.6 Å². The van der Waals surface area contributed by atoms with E-state index in [2.05, 4.69) is 4.98 Å². The number of hydrogen-bond acceptors (Lipinski definition) is 3. The fourth-order valence-electron chi connectivity index (χ4n) is 1.33. The van der Waals surface area contributed by atoms with Crippen LogP contribution in [0.4, 0.5) is 13.2 Å². The van der Waals surface area contributed by atoms with Crippen molar-refractivity contribution in [1.29, 1.82) is 0 Å². The number of carbonyl (C=O) groups is 2. The van der Waals surface area contributed by atoms with E-state index in [4.69, 9.17) is 5.11 Å². The summed E-state index contributed by atoms with van der Waals surface area (Å²) in [7, 11) is 0. The number of carbonyl (C=O) groups excluding carboxylic acids is 1. The summed E-state index contributed by atoms with van der Waals surface area (Å²) in [6.07, 6.45) is -2.63. The van der Waals surface area contributed by atoms with E-state index in [1.807, 2.05) is 0 Å². The van der Waals surface area contributed by atoms with E-state index >= 15 is 0 Å². The molecule has 0 spiro atoms. The van der Waals surface area contributed by atoms with Crippen LogP contribution < -0.4 is 5.43 Å². The van der Waals surface area contributed by atoms with Crippen LogP contribution in [0.25, 0.3) is 0 Å². The van der Waals surface area contributed by atoms with Crippen LogP contribution in [-0.2, 0) is 4.79 Å². The first-order chi connectivity index (χ1) is 8.70. The zero-order valence-electron chi connectivity index (χ0n) is 9.40. The molecule has 0 fully saturated rings. The van der Waals surface area contributed by atoms with E-state index in [0.29, 0.717) is 0 Å². The highest BCUT2D eigenvalue weighted by molar-refractivity contribution is 5.95. The summed E-state index contributed by atoms with van der Waals surface area (Å²) < 4.78 is 36.8. The van der Waals surface area contributed by atoms with Gasteiger partial charge in [0, 0.05) is 18.5 Å². The van der Waals surface area contributed by atoms with Crippen molar-refractivity contribution in [3.8, 4) is 0 Å². The first-order valence-electron chi connectivity index (χ1n) is 4.95. The highest BCUT2D eigenvalue weighted by Gasteiger charge is 2.34. The fourth-order valence-corrected chi connectivity index (χ4v) is 1.33. The maximum absolute atomic E-state index is 12.3. The standard InChI is InChI=1S/C10H9F3N2O4/c11-10(12,13)5-15(4-8(17)18)9(19)6-3-14-2-1-7(6)16/h1-3H,4-5H2,(H,14,16)(H,17,18). The molecule has 0 aliphatic rings. The Kier molecular flexibility index (Phi) is 4.30. The number of carboxylic acids is 1. The lowest BCUT2D eigenvalue weighted by Crippen LogP contribution is -2.43. The van der Waals surface area contributed by atoms with Gasteiger partial charge in [-0.15, -0.1) is 0 Å². The number of halogens is 3. The normalized spacial score (nSPS) is 11.1. The molecule has 1 amide bonds. The molecule has 1 aromatic heterocycles. The molecule has 1 aromatic rings. The number of amides is 1. The van der Waals surface area contributed by atoms with Gasteiger partial charge in [-0.1, -0.05) is 0 Å². The molecule has 104 valence electrons. The zero-order valence-corrected chi connectivity index (χ0v) is 9.40. The summed E-state index contributed by atoms with van der Waals surface area (Å²) in [5, 5.41) is 8.50. The molecule has 0 radical (unpaired) electrons. The Morgan fingerprint density at radius 1 is 1.37 bits per heavy atom. The number of carboxylic acid groups (broad SMARTS) is 1. The number of aliphatic carboxylic acids is 1. The lowest BCUT2D eigenvalue weighted by molar-refractivity contribution is -0.149. The Hall–Kier alpha value is -2.32. The molecule has 19 heavy (non-hydrogen) atoms. The summed E-state index contributed by atoms with van der Waals surface area (Å²) in [5.41, 5.74) is -1.34. The van der Waals surface area contributed by atoms with Crippen molar-refractivity contribution in [1.82, 2.24) is 9.88 Å². The summed E-state index contributed by atoms with van der Waals surface area (Å²) in [6, 6.07) is 0.958. The number of hydrogen-bond donors (Lipinski definition) is 2. The first kappa shape index (κ1) is 14.7. The Labute approximate surface area is 104 Å². The minimum atomic E-state index is -4.76. The van der Waals surface area contributed by atoms with Crippen LogP contribution in [0.3, 0.4) is 0 Å². The Morgan fingerprint density at radius 2 is 2.00 bits per heavy atom. The lowest BCUT2D eigenvalue weighted by Gasteiger charge is -2.21. The van der Waals surface area contributed by atoms with Crippen molar-refractivity contribution in [3.05, 3.63) is 34.2 Å². The Balaban J connectivity index is 3.04. The molecule has 0 saturated heterocycles. The summed E-state index contributed by atoms with van der Waals surface area (Å²) >= 11 is 0.